The van der Waals surface area contributed by atoms with Crippen LogP contribution < -0.4 is 0 Å². The first kappa shape index (κ1) is 15.8. The Morgan fingerprint density at radius 2 is 1.84 bits per heavy atom. The van der Waals surface area contributed by atoms with Crippen molar-refractivity contribution in [2.24, 2.45) is 0 Å². The number of benzene rings is 1. The fraction of sp³-hybridized carbons (Fsp3) is 0.529. The predicted molar refractivity (Wildman–Crippen MR) is 81.0 cm³/mol. The molecule has 0 heterocycles. The van der Waals surface area contributed by atoms with Crippen LogP contribution >= 0.6 is 0 Å². The molecule has 19 heavy (non-hydrogen) atoms. The summed E-state index contributed by atoms with van der Waals surface area (Å²) >= 11 is 0. The quantitative estimate of drug-likeness (QED) is 0.664. The average Bonchev–Trinajstić information content (AvgIpc) is 2.49. The summed E-state index contributed by atoms with van der Waals surface area (Å²) < 4.78 is 5.67. The number of ether oxygens (including phenoxy) is 1. The van der Waals surface area contributed by atoms with Crippen LogP contribution in [0.4, 0.5) is 0 Å². The molecule has 0 radical (unpaired) electrons. The number of terminal acetylenes is 1. The molecule has 1 aromatic carbocycles. The van der Waals surface area contributed by atoms with Crippen molar-refractivity contribution in [1.82, 2.24) is 4.90 Å². The zero-order valence-electron chi connectivity index (χ0n) is 12.4. The fourth-order valence-electron chi connectivity index (χ4n) is 2.38. The highest BCUT2D eigenvalue weighted by molar-refractivity contribution is 5.30. The molecule has 0 saturated heterocycles. The Morgan fingerprint density at radius 3 is 2.32 bits per heavy atom. The van der Waals surface area contributed by atoms with Gasteiger partial charge in [0.1, 0.15) is 0 Å². The first-order valence-electron chi connectivity index (χ1n) is 7.03. The third kappa shape index (κ3) is 4.09. The summed E-state index contributed by atoms with van der Waals surface area (Å²) in [7, 11) is 1.70. The van der Waals surface area contributed by atoms with E-state index in [1.54, 1.807) is 7.11 Å². The van der Waals surface area contributed by atoms with E-state index in [2.05, 4.69) is 24.7 Å². The smallest absolute Gasteiger partial charge is 0.153 e. The molecule has 1 aromatic rings. The number of rotatable bonds is 8. The van der Waals surface area contributed by atoms with Crippen molar-refractivity contribution < 1.29 is 4.74 Å². The van der Waals surface area contributed by atoms with Gasteiger partial charge in [-0.05, 0) is 38.0 Å². The largest absolute Gasteiger partial charge is 0.361 e. The Kier molecular flexibility index (Phi) is 6.62. The van der Waals surface area contributed by atoms with Crippen LogP contribution in [0.25, 0.3) is 0 Å². The van der Waals surface area contributed by atoms with Crippen LogP contribution in [0.3, 0.4) is 0 Å². The third-order valence-electron chi connectivity index (χ3n) is 3.72. The maximum absolute atomic E-state index is 5.74. The van der Waals surface area contributed by atoms with E-state index < -0.39 is 5.60 Å². The van der Waals surface area contributed by atoms with Gasteiger partial charge in [0, 0.05) is 7.11 Å². The molecule has 0 aromatic heterocycles. The summed E-state index contributed by atoms with van der Waals surface area (Å²) in [5.74, 6) is 2.85. The summed E-state index contributed by atoms with van der Waals surface area (Å²) in [6.07, 6.45) is 7.63. The molecule has 0 N–H and O–H groups in total. The van der Waals surface area contributed by atoms with E-state index >= 15 is 0 Å². The van der Waals surface area contributed by atoms with Gasteiger partial charge < -0.3 is 9.64 Å². The SMILES string of the molecule is C#CC(CCCN(CC)CC)(OC)c1ccccc1. The normalized spacial score (nSPS) is 14.1. The highest BCUT2D eigenvalue weighted by Crippen LogP contribution is 2.29. The van der Waals surface area contributed by atoms with Crippen LogP contribution in [0.5, 0.6) is 0 Å². The summed E-state index contributed by atoms with van der Waals surface area (Å²) in [6.45, 7) is 7.60. The second-order valence-electron chi connectivity index (χ2n) is 4.67. The summed E-state index contributed by atoms with van der Waals surface area (Å²) in [5.41, 5.74) is 0.480. The molecule has 0 aliphatic rings. The Hall–Kier alpha value is -1.30. The van der Waals surface area contributed by atoms with Gasteiger partial charge in [0.05, 0.1) is 0 Å². The maximum Gasteiger partial charge on any atom is 0.153 e. The van der Waals surface area contributed by atoms with Gasteiger partial charge in [-0.3, -0.25) is 0 Å². The van der Waals surface area contributed by atoms with Gasteiger partial charge in [-0.1, -0.05) is 50.1 Å². The molecule has 0 fully saturated rings. The van der Waals surface area contributed by atoms with Crippen LogP contribution in [-0.2, 0) is 10.3 Å². The molecule has 0 bridgehead atoms. The van der Waals surface area contributed by atoms with Crippen molar-refractivity contribution in [3.05, 3.63) is 35.9 Å². The highest BCUT2D eigenvalue weighted by Gasteiger charge is 2.29. The predicted octanol–water partition coefficient (Wildman–Crippen LogP) is 3.28. The van der Waals surface area contributed by atoms with E-state index in [-0.39, 0.29) is 0 Å². The number of hydrogen-bond donors (Lipinski definition) is 0. The van der Waals surface area contributed by atoms with Gasteiger partial charge in [0.25, 0.3) is 0 Å². The van der Waals surface area contributed by atoms with Crippen molar-refractivity contribution in [1.29, 1.82) is 0 Å². The van der Waals surface area contributed by atoms with Gasteiger partial charge in [-0.25, -0.2) is 0 Å². The van der Waals surface area contributed by atoms with Crippen molar-refractivity contribution in [3.63, 3.8) is 0 Å². The number of methoxy groups -OCH3 is 1. The molecular formula is C17H25NO. The van der Waals surface area contributed by atoms with E-state index in [9.17, 15) is 0 Å². The number of hydrogen-bond acceptors (Lipinski definition) is 2. The summed E-state index contributed by atoms with van der Waals surface area (Å²) in [5, 5.41) is 0. The van der Waals surface area contributed by atoms with E-state index in [1.165, 1.54) is 0 Å². The minimum absolute atomic E-state index is 0.589. The van der Waals surface area contributed by atoms with Crippen molar-refractivity contribution in [3.8, 4) is 12.3 Å². The lowest BCUT2D eigenvalue weighted by Gasteiger charge is -2.28. The van der Waals surface area contributed by atoms with Crippen LogP contribution in [0.15, 0.2) is 30.3 Å². The molecule has 2 nitrogen and oxygen atoms in total. The third-order valence-corrected chi connectivity index (χ3v) is 3.72. The first-order chi connectivity index (χ1) is 9.22. The van der Waals surface area contributed by atoms with Crippen LogP contribution in [-0.4, -0.2) is 31.6 Å². The molecule has 104 valence electrons. The molecule has 0 amide bonds. The molecular weight excluding hydrogens is 234 g/mol. The highest BCUT2D eigenvalue weighted by atomic mass is 16.5. The van der Waals surface area contributed by atoms with Crippen molar-refractivity contribution in [2.75, 3.05) is 26.7 Å². The Balaban J connectivity index is 2.71. The Bertz CT molecular complexity index is 391. The van der Waals surface area contributed by atoms with Crippen LogP contribution in [0.1, 0.15) is 32.3 Å². The zero-order chi connectivity index (χ0) is 14.1. The fourth-order valence-corrected chi connectivity index (χ4v) is 2.38. The van der Waals surface area contributed by atoms with Gasteiger partial charge in [-0.2, -0.15) is 0 Å². The minimum atomic E-state index is -0.589. The van der Waals surface area contributed by atoms with E-state index in [0.717, 1.165) is 38.0 Å². The maximum atomic E-state index is 5.74. The van der Waals surface area contributed by atoms with Crippen LogP contribution in [0, 0.1) is 12.3 Å². The van der Waals surface area contributed by atoms with E-state index in [0.29, 0.717) is 0 Å². The molecule has 0 spiro atoms. The van der Waals surface area contributed by atoms with Crippen molar-refractivity contribution in [2.45, 2.75) is 32.3 Å². The monoisotopic (exact) mass is 259 g/mol. The average molecular weight is 259 g/mol. The van der Waals surface area contributed by atoms with Gasteiger partial charge in [-0.15, -0.1) is 6.42 Å². The van der Waals surface area contributed by atoms with Gasteiger partial charge >= 0.3 is 0 Å². The lowest BCUT2D eigenvalue weighted by Crippen LogP contribution is -2.30. The molecule has 0 aliphatic carbocycles. The molecule has 0 aliphatic heterocycles. The van der Waals surface area contributed by atoms with Gasteiger partial charge in [0.2, 0.25) is 0 Å². The van der Waals surface area contributed by atoms with E-state index in [1.807, 2.05) is 30.3 Å². The molecule has 0 saturated carbocycles. The standard InChI is InChI=1S/C17H25NO/c1-5-17(19-4,16-12-9-8-10-13-16)14-11-15-18(6-2)7-3/h1,8-10,12-13H,6-7,11,14-15H2,2-4H3. The van der Waals surface area contributed by atoms with Crippen LogP contribution in [0.2, 0.25) is 0 Å². The first-order valence-corrected chi connectivity index (χ1v) is 7.03. The second kappa shape index (κ2) is 7.99. The molecule has 1 atom stereocenters. The Morgan fingerprint density at radius 1 is 1.21 bits per heavy atom. The lowest BCUT2D eigenvalue weighted by atomic mass is 9.89. The van der Waals surface area contributed by atoms with Crippen molar-refractivity contribution >= 4 is 0 Å². The summed E-state index contributed by atoms with van der Waals surface area (Å²) in [6, 6.07) is 10.1. The second-order valence-corrected chi connectivity index (χ2v) is 4.67. The van der Waals surface area contributed by atoms with Gasteiger partial charge in [0.15, 0.2) is 5.60 Å². The van der Waals surface area contributed by atoms with E-state index in [4.69, 9.17) is 11.2 Å². The molecule has 1 rings (SSSR count). The minimum Gasteiger partial charge on any atom is -0.361 e. The number of nitrogens with zero attached hydrogens (tertiary/aromatic N) is 1. The summed E-state index contributed by atoms with van der Waals surface area (Å²) in [4.78, 5) is 2.40. The molecule has 2 heteroatoms. The lowest BCUT2D eigenvalue weighted by molar-refractivity contribution is 0.0267. The Labute approximate surface area is 117 Å². The topological polar surface area (TPSA) is 12.5 Å². The molecule has 1 unspecified atom stereocenters. The zero-order valence-corrected chi connectivity index (χ0v) is 12.4.